The average Bonchev–Trinajstić information content (AvgIpc) is 2.84. The lowest BCUT2D eigenvalue weighted by atomic mass is 10.00. The predicted molar refractivity (Wildman–Crippen MR) is 81.8 cm³/mol. The van der Waals surface area contributed by atoms with E-state index in [0.29, 0.717) is 21.6 Å². The number of para-hydroxylation sites is 1. The molecule has 0 aliphatic carbocycles. The fraction of sp³-hybridized carbons (Fsp3) is 0.0625. The molecular formula is C16H10ClNO4. The van der Waals surface area contributed by atoms with Crippen molar-refractivity contribution in [3.05, 3.63) is 80.6 Å². The highest BCUT2D eigenvalue weighted by Gasteiger charge is 2.25. The molecule has 22 heavy (non-hydrogen) atoms. The molecule has 6 heteroatoms. The standard InChI is InChI=1S/C16H10ClNO4/c17-12-7-3-1-5-10(12)16(19)15-11-6-2-4-8-13(11)22-14(15)9-18(20)21/h1-8H,9H2. The van der Waals surface area contributed by atoms with E-state index in [1.54, 1.807) is 48.5 Å². The Morgan fingerprint density at radius 2 is 1.82 bits per heavy atom. The molecule has 3 rings (SSSR count). The number of halogens is 1. The minimum atomic E-state index is -0.555. The minimum Gasteiger partial charge on any atom is -0.453 e. The summed E-state index contributed by atoms with van der Waals surface area (Å²) >= 11 is 6.06. The van der Waals surface area contributed by atoms with E-state index in [0.717, 1.165) is 0 Å². The predicted octanol–water partition coefficient (Wildman–Crippen LogP) is 4.09. The largest absolute Gasteiger partial charge is 0.453 e. The zero-order valence-corrected chi connectivity index (χ0v) is 12.0. The van der Waals surface area contributed by atoms with E-state index in [9.17, 15) is 14.9 Å². The van der Waals surface area contributed by atoms with Gasteiger partial charge in [0.2, 0.25) is 0 Å². The van der Waals surface area contributed by atoms with Crippen LogP contribution in [-0.2, 0) is 6.54 Å². The van der Waals surface area contributed by atoms with Crippen LogP contribution in [-0.4, -0.2) is 10.7 Å². The summed E-state index contributed by atoms with van der Waals surface area (Å²) in [6, 6.07) is 13.4. The Balaban J connectivity index is 2.22. The normalized spacial score (nSPS) is 10.8. The number of nitro groups is 1. The lowest BCUT2D eigenvalue weighted by molar-refractivity contribution is -0.499. The summed E-state index contributed by atoms with van der Waals surface area (Å²) < 4.78 is 5.49. The maximum absolute atomic E-state index is 12.8. The van der Waals surface area contributed by atoms with E-state index in [-0.39, 0.29) is 17.1 Å². The summed E-state index contributed by atoms with van der Waals surface area (Å²) in [6.45, 7) is -0.555. The molecule has 0 bridgehead atoms. The summed E-state index contributed by atoms with van der Waals surface area (Å²) in [5, 5.41) is 11.7. The number of hydrogen-bond acceptors (Lipinski definition) is 4. The number of furan rings is 1. The number of rotatable bonds is 4. The summed E-state index contributed by atoms with van der Waals surface area (Å²) in [5.41, 5.74) is 0.926. The molecule has 0 spiro atoms. The zero-order chi connectivity index (χ0) is 15.7. The first-order chi connectivity index (χ1) is 10.6. The second-order valence-electron chi connectivity index (χ2n) is 4.70. The van der Waals surface area contributed by atoms with Gasteiger partial charge in [-0.3, -0.25) is 14.9 Å². The second-order valence-corrected chi connectivity index (χ2v) is 5.10. The van der Waals surface area contributed by atoms with Gasteiger partial charge in [-0.1, -0.05) is 41.9 Å². The van der Waals surface area contributed by atoms with Crippen LogP contribution in [0.2, 0.25) is 5.02 Å². The quantitative estimate of drug-likeness (QED) is 0.413. The molecule has 5 nitrogen and oxygen atoms in total. The minimum absolute atomic E-state index is 0.0381. The molecule has 3 aromatic rings. The Hall–Kier alpha value is -2.66. The highest BCUT2D eigenvalue weighted by molar-refractivity contribution is 6.35. The van der Waals surface area contributed by atoms with Gasteiger partial charge in [0, 0.05) is 15.9 Å². The number of hydrogen-bond donors (Lipinski definition) is 0. The van der Waals surface area contributed by atoms with E-state index in [1.807, 2.05) is 0 Å². The van der Waals surface area contributed by atoms with Gasteiger partial charge in [0.1, 0.15) is 5.58 Å². The molecule has 110 valence electrons. The van der Waals surface area contributed by atoms with Crippen molar-refractivity contribution < 1.29 is 14.1 Å². The highest BCUT2D eigenvalue weighted by atomic mass is 35.5. The molecule has 0 unspecified atom stereocenters. The first-order valence-electron chi connectivity index (χ1n) is 6.49. The van der Waals surface area contributed by atoms with Crippen LogP contribution in [0.4, 0.5) is 0 Å². The second kappa shape index (κ2) is 5.61. The number of fused-ring (bicyclic) bond motifs is 1. The van der Waals surface area contributed by atoms with E-state index < -0.39 is 11.5 Å². The molecule has 0 aliphatic rings. The SMILES string of the molecule is O=C(c1ccccc1Cl)c1c(C[N+](=O)[O-])oc2ccccc12. The first kappa shape index (κ1) is 14.3. The van der Waals surface area contributed by atoms with Crippen LogP contribution in [0.15, 0.2) is 52.9 Å². The van der Waals surface area contributed by atoms with Crippen molar-refractivity contribution in [2.45, 2.75) is 6.54 Å². The molecule has 0 amide bonds. The zero-order valence-electron chi connectivity index (χ0n) is 11.3. The van der Waals surface area contributed by atoms with Crippen molar-refractivity contribution in [1.29, 1.82) is 0 Å². The number of carbonyl (C=O) groups excluding carboxylic acids is 1. The Bertz CT molecular complexity index is 885. The fourth-order valence-electron chi connectivity index (χ4n) is 2.35. The highest BCUT2D eigenvalue weighted by Crippen LogP contribution is 2.30. The van der Waals surface area contributed by atoms with Crippen LogP contribution < -0.4 is 0 Å². The smallest absolute Gasteiger partial charge is 0.261 e. The maximum atomic E-state index is 12.8. The van der Waals surface area contributed by atoms with Gasteiger partial charge >= 0.3 is 0 Å². The van der Waals surface area contributed by atoms with E-state index in [2.05, 4.69) is 0 Å². The van der Waals surface area contributed by atoms with Crippen molar-refractivity contribution in [2.75, 3.05) is 0 Å². The lowest BCUT2D eigenvalue weighted by Gasteiger charge is -2.03. The monoisotopic (exact) mass is 315 g/mol. The van der Waals surface area contributed by atoms with E-state index in [1.165, 1.54) is 0 Å². The van der Waals surface area contributed by atoms with Crippen LogP contribution in [0, 0.1) is 10.1 Å². The third kappa shape index (κ3) is 2.46. The Morgan fingerprint density at radius 1 is 1.14 bits per heavy atom. The number of benzene rings is 2. The Labute approximate surface area is 130 Å². The fourth-order valence-corrected chi connectivity index (χ4v) is 2.58. The van der Waals surface area contributed by atoms with E-state index in [4.69, 9.17) is 16.0 Å². The van der Waals surface area contributed by atoms with Crippen molar-refractivity contribution in [1.82, 2.24) is 0 Å². The molecule has 2 aromatic carbocycles. The van der Waals surface area contributed by atoms with Gasteiger partial charge in [-0.15, -0.1) is 0 Å². The van der Waals surface area contributed by atoms with Crippen molar-refractivity contribution in [2.24, 2.45) is 0 Å². The number of nitrogens with zero attached hydrogens (tertiary/aromatic N) is 1. The summed E-state index contributed by atoms with van der Waals surface area (Å²) in [5.74, 6) is -0.344. The molecule has 0 fully saturated rings. The molecular weight excluding hydrogens is 306 g/mol. The van der Waals surface area contributed by atoms with Crippen LogP contribution in [0.25, 0.3) is 11.0 Å². The first-order valence-corrected chi connectivity index (χ1v) is 6.87. The maximum Gasteiger partial charge on any atom is 0.261 e. The topological polar surface area (TPSA) is 73.3 Å². The average molecular weight is 316 g/mol. The number of carbonyl (C=O) groups is 1. The third-order valence-corrected chi connectivity index (χ3v) is 3.62. The molecule has 1 heterocycles. The third-order valence-electron chi connectivity index (χ3n) is 3.29. The van der Waals surface area contributed by atoms with Crippen LogP contribution in [0.3, 0.4) is 0 Å². The molecule has 0 saturated carbocycles. The van der Waals surface area contributed by atoms with Gasteiger partial charge in [0.15, 0.2) is 11.5 Å². The molecule has 0 saturated heterocycles. The van der Waals surface area contributed by atoms with Gasteiger partial charge in [-0.2, -0.15) is 0 Å². The van der Waals surface area contributed by atoms with Gasteiger partial charge in [0.05, 0.1) is 10.6 Å². The van der Waals surface area contributed by atoms with Crippen molar-refractivity contribution >= 4 is 28.4 Å². The summed E-state index contributed by atoms with van der Waals surface area (Å²) in [6.07, 6.45) is 0. The number of ketones is 1. The van der Waals surface area contributed by atoms with Gasteiger partial charge < -0.3 is 4.42 Å². The Kier molecular flexibility index (Phi) is 3.65. The molecule has 0 atom stereocenters. The molecule has 1 aromatic heterocycles. The van der Waals surface area contributed by atoms with Crippen LogP contribution in [0.1, 0.15) is 21.7 Å². The van der Waals surface area contributed by atoms with Crippen LogP contribution in [0.5, 0.6) is 0 Å². The molecule has 0 radical (unpaired) electrons. The van der Waals surface area contributed by atoms with E-state index >= 15 is 0 Å². The lowest BCUT2D eigenvalue weighted by Crippen LogP contribution is -2.07. The van der Waals surface area contributed by atoms with Gasteiger partial charge in [0.25, 0.3) is 6.54 Å². The van der Waals surface area contributed by atoms with Crippen molar-refractivity contribution in [3.8, 4) is 0 Å². The van der Waals surface area contributed by atoms with Gasteiger partial charge in [-0.05, 0) is 18.2 Å². The molecule has 0 N–H and O–H groups in total. The van der Waals surface area contributed by atoms with Crippen molar-refractivity contribution in [3.63, 3.8) is 0 Å². The summed E-state index contributed by atoms with van der Waals surface area (Å²) in [4.78, 5) is 23.1. The molecule has 0 aliphatic heterocycles. The van der Waals surface area contributed by atoms with Crippen LogP contribution >= 0.6 is 11.6 Å². The summed E-state index contributed by atoms with van der Waals surface area (Å²) in [7, 11) is 0. The Morgan fingerprint density at radius 3 is 2.55 bits per heavy atom. The van der Waals surface area contributed by atoms with Gasteiger partial charge in [-0.25, -0.2) is 0 Å².